The minimum absolute atomic E-state index is 0.108. The fourth-order valence-corrected chi connectivity index (χ4v) is 2.44. The summed E-state index contributed by atoms with van der Waals surface area (Å²) in [5, 5.41) is 0.808. The Bertz CT molecular complexity index is 421. The Balaban J connectivity index is 3.16. The second kappa shape index (κ2) is 6.15. The second-order valence-corrected chi connectivity index (χ2v) is 6.98. The van der Waals surface area contributed by atoms with Gasteiger partial charge in [0.05, 0.1) is 0 Å². The normalized spacial score (nSPS) is 15.2. The van der Waals surface area contributed by atoms with E-state index < -0.39 is 0 Å². The third-order valence-corrected chi connectivity index (χ3v) is 4.19. The van der Waals surface area contributed by atoms with E-state index in [1.165, 1.54) is 5.69 Å². The van der Waals surface area contributed by atoms with Gasteiger partial charge in [-0.15, -0.1) is 0 Å². The van der Waals surface area contributed by atoms with Gasteiger partial charge in [-0.25, -0.2) is 0 Å². The van der Waals surface area contributed by atoms with Crippen LogP contribution >= 0.6 is 11.6 Å². The average Bonchev–Trinajstić information content (AvgIpc) is 2.28. The molecule has 2 nitrogen and oxygen atoms in total. The van der Waals surface area contributed by atoms with E-state index >= 15 is 0 Å². The maximum absolute atomic E-state index is 6.35. The lowest BCUT2D eigenvalue weighted by Crippen LogP contribution is -2.40. The van der Waals surface area contributed by atoms with Crippen molar-refractivity contribution in [1.29, 1.82) is 0 Å². The van der Waals surface area contributed by atoms with Crippen molar-refractivity contribution in [3.63, 3.8) is 0 Å². The van der Waals surface area contributed by atoms with Crippen molar-refractivity contribution in [3.05, 3.63) is 28.8 Å². The van der Waals surface area contributed by atoms with Gasteiger partial charge >= 0.3 is 0 Å². The van der Waals surface area contributed by atoms with E-state index in [4.69, 9.17) is 17.3 Å². The molecule has 1 aromatic carbocycles. The molecule has 0 aliphatic carbocycles. The van der Waals surface area contributed by atoms with Gasteiger partial charge in [0.15, 0.2) is 0 Å². The molecule has 0 saturated heterocycles. The lowest BCUT2D eigenvalue weighted by molar-refractivity contribution is 0.329. The average molecular weight is 283 g/mol. The highest BCUT2D eigenvalue weighted by molar-refractivity contribution is 6.31. The topological polar surface area (TPSA) is 29.3 Å². The number of anilines is 1. The summed E-state index contributed by atoms with van der Waals surface area (Å²) in [5.74, 6) is 0. The van der Waals surface area contributed by atoms with Crippen molar-refractivity contribution in [2.24, 2.45) is 11.1 Å². The summed E-state index contributed by atoms with van der Waals surface area (Å²) >= 11 is 6.35. The molecule has 0 amide bonds. The fraction of sp³-hybridized carbons (Fsp3) is 0.625. The van der Waals surface area contributed by atoms with Gasteiger partial charge in [-0.1, -0.05) is 38.4 Å². The Morgan fingerprint density at radius 1 is 1.26 bits per heavy atom. The molecule has 1 aromatic rings. The van der Waals surface area contributed by atoms with Gasteiger partial charge in [-0.05, 0) is 43.4 Å². The first-order chi connectivity index (χ1) is 8.64. The molecule has 19 heavy (non-hydrogen) atoms. The standard InChI is InChI=1S/C16H27ClN2/c1-11(18)10-13-14(17)8-7-9-15(13)19(6)12(2)16(3,4)5/h7-9,11-12H,10,18H2,1-6H3. The summed E-state index contributed by atoms with van der Waals surface area (Å²) < 4.78 is 0. The summed E-state index contributed by atoms with van der Waals surface area (Å²) in [6.07, 6.45) is 0.802. The molecule has 0 aromatic heterocycles. The van der Waals surface area contributed by atoms with E-state index in [9.17, 15) is 0 Å². The summed E-state index contributed by atoms with van der Waals surface area (Å²) in [6, 6.07) is 6.60. The first-order valence-electron chi connectivity index (χ1n) is 6.90. The van der Waals surface area contributed by atoms with Gasteiger partial charge in [-0.3, -0.25) is 0 Å². The SMILES string of the molecule is CC(N)Cc1c(Cl)cccc1N(C)C(C)C(C)(C)C. The van der Waals surface area contributed by atoms with E-state index in [2.05, 4.69) is 45.7 Å². The molecule has 0 aliphatic rings. The molecular formula is C16H27ClN2. The van der Waals surface area contributed by atoms with E-state index in [0.29, 0.717) is 6.04 Å². The largest absolute Gasteiger partial charge is 0.371 e. The van der Waals surface area contributed by atoms with Crippen LogP contribution in [0, 0.1) is 5.41 Å². The van der Waals surface area contributed by atoms with Crippen molar-refractivity contribution in [2.75, 3.05) is 11.9 Å². The maximum Gasteiger partial charge on any atom is 0.0459 e. The molecular weight excluding hydrogens is 256 g/mol. The zero-order valence-electron chi connectivity index (χ0n) is 13.0. The van der Waals surface area contributed by atoms with Crippen LogP contribution in [-0.2, 0) is 6.42 Å². The summed E-state index contributed by atoms with van der Waals surface area (Å²) in [6.45, 7) is 11.0. The van der Waals surface area contributed by atoms with Crippen molar-refractivity contribution < 1.29 is 0 Å². The molecule has 0 spiro atoms. The monoisotopic (exact) mass is 282 g/mol. The van der Waals surface area contributed by atoms with Crippen molar-refractivity contribution in [2.45, 2.75) is 53.1 Å². The lowest BCUT2D eigenvalue weighted by atomic mass is 9.86. The Labute approximate surface area is 122 Å². The number of hydrogen-bond donors (Lipinski definition) is 1. The van der Waals surface area contributed by atoms with Crippen LogP contribution in [0.15, 0.2) is 18.2 Å². The highest BCUT2D eigenvalue weighted by Gasteiger charge is 2.25. The van der Waals surface area contributed by atoms with Gasteiger partial charge in [0, 0.05) is 29.8 Å². The van der Waals surface area contributed by atoms with Crippen LogP contribution in [0.2, 0.25) is 5.02 Å². The Kier molecular flexibility index (Phi) is 5.28. The smallest absolute Gasteiger partial charge is 0.0459 e. The lowest BCUT2D eigenvalue weighted by Gasteiger charge is -2.38. The molecule has 2 atom stereocenters. The molecule has 3 heteroatoms. The zero-order chi connectivity index (χ0) is 14.8. The van der Waals surface area contributed by atoms with Crippen LogP contribution in [0.3, 0.4) is 0 Å². The van der Waals surface area contributed by atoms with Crippen molar-refractivity contribution >= 4 is 17.3 Å². The van der Waals surface area contributed by atoms with Crippen molar-refractivity contribution in [3.8, 4) is 0 Å². The van der Waals surface area contributed by atoms with Crippen LogP contribution in [0.4, 0.5) is 5.69 Å². The van der Waals surface area contributed by atoms with Gasteiger partial charge in [0.1, 0.15) is 0 Å². The van der Waals surface area contributed by atoms with Gasteiger partial charge in [0.25, 0.3) is 0 Å². The molecule has 2 unspecified atom stereocenters. The number of rotatable bonds is 4. The van der Waals surface area contributed by atoms with Crippen LogP contribution in [0.1, 0.15) is 40.2 Å². The number of nitrogens with two attached hydrogens (primary N) is 1. The number of hydrogen-bond acceptors (Lipinski definition) is 2. The Hall–Kier alpha value is -0.730. The van der Waals surface area contributed by atoms with E-state index in [-0.39, 0.29) is 11.5 Å². The Morgan fingerprint density at radius 2 is 1.84 bits per heavy atom. The van der Waals surface area contributed by atoms with Gasteiger partial charge < -0.3 is 10.6 Å². The molecule has 0 fully saturated rings. The molecule has 108 valence electrons. The molecule has 0 heterocycles. The summed E-state index contributed by atoms with van der Waals surface area (Å²) in [4.78, 5) is 2.31. The Morgan fingerprint density at radius 3 is 2.32 bits per heavy atom. The first-order valence-corrected chi connectivity index (χ1v) is 7.28. The minimum Gasteiger partial charge on any atom is -0.371 e. The maximum atomic E-state index is 6.35. The quantitative estimate of drug-likeness (QED) is 0.901. The molecule has 0 aliphatic heterocycles. The first kappa shape index (κ1) is 16.3. The second-order valence-electron chi connectivity index (χ2n) is 6.57. The van der Waals surface area contributed by atoms with Crippen molar-refractivity contribution in [1.82, 2.24) is 0 Å². The molecule has 0 saturated carbocycles. The number of halogens is 1. The van der Waals surface area contributed by atoms with Gasteiger partial charge in [-0.2, -0.15) is 0 Å². The van der Waals surface area contributed by atoms with Crippen LogP contribution in [0.5, 0.6) is 0 Å². The summed E-state index contributed by atoms with van der Waals surface area (Å²) in [7, 11) is 2.13. The van der Waals surface area contributed by atoms with Gasteiger partial charge in [0.2, 0.25) is 0 Å². The van der Waals surface area contributed by atoms with Crippen LogP contribution < -0.4 is 10.6 Å². The highest BCUT2D eigenvalue weighted by atomic mass is 35.5. The summed E-state index contributed by atoms with van der Waals surface area (Å²) in [5.41, 5.74) is 8.50. The predicted molar refractivity (Wildman–Crippen MR) is 86.1 cm³/mol. The van der Waals surface area contributed by atoms with E-state index in [1.54, 1.807) is 0 Å². The molecule has 2 N–H and O–H groups in total. The molecule has 0 bridgehead atoms. The zero-order valence-corrected chi connectivity index (χ0v) is 13.8. The third-order valence-electron chi connectivity index (χ3n) is 3.83. The highest BCUT2D eigenvalue weighted by Crippen LogP contribution is 2.33. The number of nitrogens with zero attached hydrogens (tertiary/aromatic N) is 1. The van der Waals surface area contributed by atoms with Crippen LogP contribution in [-0.4, -0.2) is 19.1 Å². The minimum atomic E-state index is 0.108. The fourth-order valence-electron chi connectivity index (χ4n) is 2.19. The van der Waals surface area contributed by atoms with Crippen LogP contribution in [0.25, 0.3) is 0 Å². The molecule has 0 radical (unpaired) electrons. The van der Waals surface area contributed by atoms with E-state index in [1.807, 2.05) is 19.1 Å². The predicted octanol–water partition coefficient (Wildman–Crippen LogP) is 4.10. The number of benzene rings is 1. The van der Waals surface area contributed by atoms with E-state index in [0.717, 1.165) is 17.0 Å². The molecule has 1 rings (SSSR count). The third kappa shape index (κ3) is 4.12.